The van der Waals surface area contributed by atoms with Crippen molar-refractivity contribution in [3.05, 3.63) is 28.2 Å². The minimum Gasteiger partial charge on any atom is -0.338 e. The fourth-order valence-electron chi connectivity index (χ4n) is 2.39. The van der Waals surface area contributed by atoms with Crippen LogP contribution in [0.2, 0.25) is 0 Å². The summed E-state index contributed by atoms with van der Waals surface area (Å²) in [7, 11) is 0. The molecule has 2 amide bonds. The molecule has 1 fully saturated rings. The fraction of sp³-hybridized carbons (Fsp3) is 0.462. The normalized spacial score (nSPS) is 15.1. The third-order valence-corrected chi connectivity index (χ3v) is 4.67. The molecule has 22 heavy (non-hydrogen) atoms. The van der Waals surface area contributed by atoms with Crippen LogP contribution in [0.4, 0.5) is 0 Å². The van der Waals surface area contributed by atoms with Gasteiger partial charge in [0.1, 0.15) is 12.9 Å². The topological polar surface area (TPSA) is 84.2 Å². The van der Waals surface area contributed by atoms with Gasteiger partial charge in [0, 0.05) is 26.2 Å². The third-order valence-electron chi connectivity index (χ3n) is 3.66. The van der Waals surface area contributed by atoms with Gasteiger partial charge in [-0.1, -0.05) is 0 Å². The maximum absolute atomic E-state index is 12.4. The number of piperazine rings is 1. The van der Waals surface area contributed by atoms with E-state index in [9.17, 15) is 9.59 Å². The number of carbonyl (C=O) groups is 2. The predicted molar refractivity (Wildman–Crippen MR) is 79.4 cm³/mol. The van der Waals surface area contributed by atoms with Crippen LogP contribution in [0.1, 0.15) is 15.2 Å². The number of hydrogen-bond donors (Lipinski definition) is 0. The largest absolute Gasteiger partial charge is 0.338 e. The van der Waals surface area contributed by atoms with Gasteiger partial charge in [-0.15, -0.1) is 16.4 Å². The number of nitrogens with zero attached hydrogens (tertiary/aromatic N) is 6. The molecule has 0 atom stereocenters. The molecule has 0 aromatic carbocycles. The van der Waals surface area contributed by atoms with Crippen LogP contribution in [0.3, 0.4) is 0 Å². The Morgan fingerprint density at radius 3 is 2.55 bits per heavy atom. The Kier molecular flexibility index (Phi) is 4.14. The summed E-state index contributed by atoms with van der Waals surface area (Å²) in [5, 5.41) is 12.6. The highest BCUT2D eigenvalue weighted by atomic mass is 32.1. The molecule has 9 heteroatoms. The van der Waals surface area contributed by atoms with Crippen molar-refractivity contribution in [1.29, 1.82) is 0 Å². The zero-order valence-electron chi connectivity index (χ0n) is 12.2. The van der Waals surface area contributed by atoms with Crippen LogP contribution in [0.25, 0.3) is 0 Å². The molecule has 2 aromatic rings. The molecule has 0 radical (unpaired) electrons. The van der Waals surface area contributed by atoms with Crippen LogP contribution < -0.4 is 0 Å². The van der Waals surface area contributed by atoms with Crippen LogP contribution in [0, 0.1) is 6.92 Å². The Morgan fingerprint density at radius 2 is 1.95 bits per heavy atom. The molecule has 2 aromatic heterocycles. The van der Waals surface area contributed by atoms with Crippen LogP contribution in [0.5, 0.6) is 0 Å². The molecule has 3 rings (SSSR count). The van der Waals surface area contributed by atoms with E-state index in [0.717, 1.165) is 10.4 Å². The number of tetrazole rings is 1. The van der Waals surface area contributed by atoms with Crippen molar-refractivity contribution in [1.82, 2.24) is 30.0 Å². The van der Waals surface area contributed by atoms with E-state index in [0.29, 0.717) is 26.2 Å². The number of carbonyl (C=O) groups excluding carboxylic acids is 2. The summed E-state index contributed by atoms with van der Waals surface area (Å²) in [6.07, 6.45) is 1.41. The number of hydrogen-bond acceptors (Lipinski definition) is 6. The highest BCUT2D eigenvalue weighted by molar-refractivity contribution is 7.12. The lowest BCUT2D eigenvalue weighted by Crippen LogP contribution is -2.51. The van der Waals surface area contributed by atoms with Crippen molar-refractivity contribution in [2.24, 2.45) is 0 Å². The van der Waals surface area contributed by atoms with E-state index in [1.165, 1.54) is 22.3 Å². The van der Waals surface area contributed by atoms with E-state index >= 15 is 0 Å². The standard InChI is InChI=1S/C13H16N6O2S/c1-10-2-7-22-12(10)13(21)18-5-3-17(4-6-18)11(20)8-19-9-14-15-16-19/h2,7,9H,3-6,8H2,1H3. The van der Waals surface area contributed by atoms with Crippen molar-refractivity contribution in [2.75, 3.05) is 26.2 Å². The summed E-state index contributed by atoms with van der Waals surface area (Å²) in [5.74, 6) is 0.0202. The first-order valence-electron chi connectivity index (χ1n) is 6.97. The number of thiophene rings is 1. The number of amides is 2. The van der Waals surface area contributed by atoms with E-state index < -0.39 is 0 Å². The summed E-state index contributed by atoms with van der Waals surface area (Å²) >= 11 is 1.46. The molecule has 0 spiro atoms. The lowest BCUT2D eigenvalue weighted by molar-refractivity contribution is -0.133. The quantitative estimate of drug-likeness (QED) is 0.796. The molecule has 0 bridgehead atoms. The smallest absolute Gasteiger partial charge is 0.264 e. The van der Waals surface area contributed by atoms with E-state index in [1.54, 1.807) is 9.80 Å². The second kappa shape index (κ2) is 6.22. The average molecular weight is 320 g/mol. The Balaban J connectivity index is 1.55. The van der Waals surface area contributed by atoms with Gasteiger partial charge in [0.15, 0.2) is 0 Å². The minimum atomic E-state index is -0.0355. The van der Waals surface area contributed by atoms with Crippen molar-refractivity contribution < 1.29 is 9.59 Å². The van der Waals surface area contributed by atoms with Crippen molar-refractivity contribution >= 4 is 23.2 Å². The zero-order valence-corrected chi connectivity index (χ0v) is 13.0. The number of aromatic nitrogens is 4. The van der Waals surface area contributed by atoms with Crippen LogP contribution in [-0.2, 0) is 11.3 Å². The Bertz CT molecular complexity index is 660. The van der Waals surface area contributed by atoms with Gasteiger partial charge in [-0.25, -0.2) is 4.68 Å². The number of aryl methyl sites for hydroxylation is 1. The van der Waals surface area contributed by atoms with Gasteiger partial charge in [-0.2, -0.15) is 0 Å². The van der Waals surface area contributed by atoms with E-state index in [4.69, 9.17) is 0 Å². The second-order valence-electron chi connectivity index (χ2n) is 5.11. The molecule has 1 aliphatic rings. The molecule has 1 saturated heterocycles. The van der Waals surface area contributed by atoms with Crippen LogP contribution in [-0.4, -0.2) is 68.0 Å². The summed E-state index contributed by atoms with van der Waals surface area (Å²) in [6, 6.07) is 1.95. The second-order valence-corrected chi connectivity index (χ2v) is 6.03. The molecule has 0 N–H and O–H groups in total. The van der Waals surface area contributed by atoms with E-state index in [2.05, 4.69) is 15.5 Å². The lowest BCUT2D eigenvalue weighted by Gasteiger charge is -2.34. The Morgan fingerprint density at radius 1 is 1.23 bits per heavy atom. The molecule has 0 aliphatic carbocycles. The molecule has 0 unspecified atom stereocenters. The first-order chi connectivity index (χ1) is 10.6. The van der Waals surface area contributed by atoms with Gasteiger partial charge in [0.25, 0.3) is 5.91 Å². The molecular formula is C13H16N6O2S. The highest BCUT2D eigenvalue weighted by Gasteiger charge is 2.26. The number of rotatable bonds is 3. The van der Waals surface area contributed by atoms with Crippen molar-refractivity contribution in [2.45, 2.75) is 13.5 Å². The molecular weight excluding hydrogens is 304 g/mol. The van der Waals surface area contributed by atoms with E-state index in [1.807, 2.05) is 18.4 Å². The molecule has 1 aliphatic heterocycles. The Hall–Kier alpha value is -2.29. The van der Waals surface area contributed by atoms with Gasteiger partial charge in [0.05, 0.1) is 4.88 Å². The summed E-state index contributed by atoms with van der Waals surface area (Å²) in [6.45, 7) is 4.25. The summed E-state index contributed by atoms with van der Waals surface area (Å²) in [5.41, 5.74) is 1.01. The van der Waals surface area contributed by atoms with Gasteiger partial charge >= 0.3 is 0 Å². The zero-order chi connectivity index (χ0) is 15.5. The lowest BCUT2D eigenvalue weighted by atomic mass is 10.2. The molecule has 8 nitrogen and oxygen atoms in total. The summed E-state index contributed by atoms with van der Waals surface area (Å²) in [4.78, 5) is 28.9. The van der Waals surface area contributed by atoms with Gasteiger partial charge < -0.3 is 9.80 Å². The van der Waals surface area contributed by atoms with Crippen LogP contribution >= 0.6 is 11.3 Å². The van der Waals surface area contributed by atoms with Crippen molar-refractivity contribution in [3.63, 3.8) is 0 Å². The maximum atomic E-state index is 12.4. The molecule has 116 valence electrons. The first kappa shape index (κ1) is 14.6. The fourth-order valence-corrected chi connectivity index (χ4v) is 3.28. The van der Waals surface area contributed by atoms with Gasteiger partial charge in [-0.3, -0.25) is 9.59 Å². The summed E-state index contributed by atoms with van der Waals surface area (Å²) < 4.78 is 1.40. The van der Waals surface area contributed by atoms with E-state index in [-0.39, 0.29) is 18.4 Å². The Labute approximate surface area is 131 Å². The third kappa shape index (κ3) is 2.98. The van der Waals surface area contributed by atoms with Gasteiger partial charge in [0.2, 0.25) is 5.91 Å². The minimum absolute atomic E-state index is 0.0355. The van der Waals surface area contributed by atoms with Crippen LogP contribution in [0.15, 0.2) is 17.8 Å². The predicted octanol–water partition coefficient (Wildman–Crippen LogP) is 0.0276. The SMILES string of the molecule is Cc1ccsc1C(=O)N1CCN(C(=O)Cn2cnnn2)CC1. The molecule has 3 heterocycles. The van der Waals surface area contributed by atoms with Gasteiger partial charge in [-0.05, 0) is 34.4 Å². The maximum Gasteiger partial charge on any atom is 0.264 e. The highest BCUT2D eigenvalue weighted by Crippen LogP contribution is 2.18. The monoisotopic (exact) mass is 320 g/mol. The van der Waals surface area contributed by atoms with Crippen molar-refractivity contribution in [3.8, 4) is 0 Å². The first-order valence-corrected chi connectivity index (χ1v) is 7.85. The molecule has 0 saturated carbocycles. The average Bonchev–Trinajstić information content (AvgIpc) is 3.18.